The summed E-state index contributed by atoms with van der Waals surface area (Å²) in [7, 11) is 0. The number of hydrogen-bond acceptors (Lipinski definition) is 3. The summed E-state index contributed by atoms with van der Waals surface area (Å²) in [5, 5.41) is 6.31. The number of piperidine rings is 1. The van der Waals surface area contributed by atoms with Crippen LogP contribution in [-0.4, -0.2) is 30.5 Å². The van der Waals surface area contributed by atoms with Gasteiger partial charge in [0, 0.05) is 12.7 Å². The maximum Gasteiger partial charge on any atom is 0.270 e. The van der Waals surface area contributed by atoms with Gasteiger partial charge in [-0.25, -0.2) is 0 Å². The second-order valence-corrected chi connectivity index (χ2v) is 4.59. The van der Waals surface area contributed by atoms with Gasteiger partial charge in [0.1, 0.15) is 5.69 Å². The molecule has 1 aromatic heterocycles. The highest BCUT2D eigenvalue weighted by atomic mass is 16.1. The second-order valence-electron chi connectivity index (χ2n) is 4.59. The monoisotopic (exact) mass is 233 g/mol. The third kappa shape index (κ3) is 3.27. The number of rotatable bonds is 3. The summed E-state index contributed by atoms with van der Waals surface area (Å²) in [4.78, 5) is 16.0. The molecular formula is C13H19N3O. The van der Waals surface area contributed by atoms with Crippen LogP contribution in [0.1, 0.15) is 28.9 Å². The molecule has 2 heterocycles. The molecule has 4 heteroatoms. The van der Waals surface area contributed by atoms with Crippen molar-refractivity contribution in [3.63, 3.8) is 0 Å². The number of carbonyl (C=O) groups excluding carboxylic acids is 1. The molecule has 0 radical (unpaired) electrons. The van der Waals surface area contributed by atoms with Gasteiger partial charge in [-0.1, -0.05) is 6.07 Å². The highest BCUT2D eigenvalue weighted by molar-refractivity contribution is 5.93. The van der Waals surface area contributed by atoms with Crippen molar-refractivity contribution < 1.29 is 4.79 Å². The zero-order valence-corrected chi connectivity index (χ0v) is 10.2. The Morgan fingerprint density at radius 2 is 2.53 bits per heavy atom. The topological polar surface area (TPSA) is 54.0 Å². The third-order valence-electron chi connectivity index (χ3n) is 3.17. The standard InChI is InChI=1S/C13H19N3O/c1-10-4-2-7-15-12(10)13(17)16-9-11-5-3-6-14-8-11/h2,4,7,11,14H,3,5-6,8-9H2,1H3,(H,16,17). The van der Waals surface area contributed by atoms with Crippen LogP contribution >= 0.6 is 0 Å². The first-order chi connectivity index (χ1) is 8.27. The van der Waals surface area contributed by atoms with E-state index in [0.717, 1.165) is 25.2 Å². The van der Waals surface area contributed by atoms with Gasteiger partial charge in [-0.15, -0.1) is 0 Å². The van der Waals surface area contributed by atoms with Crippen LogP contribution in [0.2, 0.25) is 0 Å². The second kappa shape index (κ2) is 5.77. The summed E-state index contributed by atoms with van der Waals surface area (Å²) < 4.78 is 0. The average molecular weight is 233 g/mol. The van der Waals surface area contributed by atoms with Crippen LogP contribution in [0.5, 0.6) is 0 Å². The molecule has 4 nitrogen and oxygen atoms in total. The van der Waals surface area contributed by atoms with E-state index in [4.69, 9.17) is 0 Å². The number of pyridine rings is 1. The molecule has 2 N–H and O–H groups in total. The largest absolute Gasteiger partial charge is 0.350 e. The Labute approximate surface area is 102 Å². The quantitative estimate of drug-likeness (QED) is 0.822. The molecule has 0 bridgehead atoms. The van der Waals surface area contributed by atoms with Crippen molar-refractivity contribution in [1.82, 2.24) is 15.6 Å². The first-order valence-corrected chi connectivity index (χ1v) is 6.18. The minimum Gasteiger partial charge on any atom is -0.350 e. The first-order valence-electron chi connectivity index (χ1n) is 6.18. The van der Waals surface area contributed by atoms with E-state index in [1.54, 1.807) is 6.20 Å². The minimum atomic E-state index is -0.0614. The van der Waals surface area contributed by atoms with Crippen LogP contribution in [-0.2, 0) is 0 Å². The van der Waals surface area contributed by atoms with Crippen molar-refractivity contribution in [1.29, 1.82) is 0 Å². The highest BCUT2D eigenvalue weighted by Gasteiger charge is 2.15. The van der Waals surface area contributed by atoms with Gasteiger partial charge < -0.3 is 10.6 Å². The van der Waals surface area contributed by atoms with E-state index in [-0.39, 0.29) is 5.91 Å². The lowest BCUT2D eigenvalue weighted by Crippen LogP contribution is -2.38. The van der Waals surface area contributed by atoms with Crippen molar-refractivity contribution >= 4 is 5.91 Å². The Hall–Kier alpha value is -1.42. The number of aryl methyl sites for hydroxylation is 1. The maximum atomic E-state index is 11.9. The van der Waals surface area contributed by atoms with E-state index < -0.39 is 0 Å². The van der Waals surface area contributed by atoms with Crippen LogP contribution in [0.3, 0.4) is 0 Å². The molecule has 92 valence electrons. The van der Waals surface area contributed by atoms with Crippen LogP contribution in [0.4, 0.5) is 0 Å². The van der Waals surface area contributed by atoms with Crippen LogP contribution in [0, 0.1) is 12.8 Å². The normalized spacial score (nSPS) is 19.9. The highest BCUT2D eigenvalue weighted by Crippen LogP contribution is 2.09. The summed E-state index contributed by atoms with van der Waals surface area (Å²) in [5.74, 6) is 0.491. The fraction of sp³-hybridized carbons (Fsp3) is 0.538. The van der Waals surface area contributed by atoms with Gasteiger partial charge in [-0.3, -0.25) is 9.78 Å². The zero-order valence-electron chi connectivity index (χ0n) is 10.2. The fourth-order valence-corrected chi connectivity index (χ4v) is 2.14. The van der Waals surface area contributed by atoms with E-state index in [9.17, 15) is 4.79 Å². The van der Waals surface area contributed by atoms with Crippen LogP contribution in [0.15, 0.2) is 18.3 Å². The van der Waals surface area contributed by atoms with Gasteiger partial charge in [0.25, 0.3) is 5.91 Å². The molecule has 1 aromatic rings. The molecule has 0 saturated carbocycles. The van der Waals surface area contributed by atoms with Gasteiger partial charge in [-0.2, -0.15) is 0 Å². The lowest BCUT2D eigenvalue weighted by molar-refractivity contribution is 0.0939. The van der Waals surface area contributed by atoms with E-state index in [2.05, 4.69) is 15.6 Å². The van der Waals surface area contributed by atoms with Crippen molar-refractivity contribution in [2.45, 2.75) is 19.8 Å². The predicted octanol–water partition coefficient (Wildman–Crippen LogP) is 1.12. The molecule has 1 aliphatic rings. The summed E-state index contributed by atoms with van der Waals surface area (Å²) >= 11 is 0. The Morgan fingerprint density at radius 3 is 3.24 bits per heavy atom. The van der Waals surface area contributed by atoms with Crippen LogP contribution < -0.4 is 10.6 Å². The number of nitrogens with one attached hydrogen (secondary N) is 2. The van der Waals surface area contributed by atoms with E-state index in [1.807, 2.05) is 19.1 Å². The van der Waals surface area contributed by atoms with Crippen molar-refractivity contribution in [3.05, 3.63) is 29.6 Å². The number of amides is 1. The number of hydrogen-bond donors (Lipinski definition) is 2. The average Bonchev–Trinajstić information content (AvgIpc) is 2.38. The van der Waals surface area contributed by atoms with Crippen molar-refractivity contribution in [3.8, 4) is 0 Å². The zero-order chi connectivity index (χ0) is 12.1. The molecule has 0 spiro atoms. The lowest BCUT2D eigenvalue weighted by atomic mass is 10.00. The third-order valence-corrected chi connectivity index (χ3v) is 3.17. The summed E-state index contributed by atoms with van der Waals surface area (Å²) in [5.41, 5.74) is 1.46. The molecule has 0 aromatic carbocycles. The number of carbonyl (C=O) groups is 1. The maximum absolute atomic E-state index is 11.9. The fourth-order valence-electron chi connectivity index (χ4n) is 2.14. The predicted molar refractivity (Wildman–Crippen MR) is 66.9 cm³/mol. The van der Waals surface area contributed by atoms with Gasteiger partial charge in [0.05, 0.1) is 0 Å². The molecule has 1 amide bonds. The Bertz CT molecular complexity index is 386. The first kappa shape index (κ1) is 12.0. The SMILES string of the molecule is Cc1cccnc1C(=O)NCC1CCCNC1. The summed E-state index contributed by atoms with van der Waals surface area (Å²) in [6.45, 7) is 4.75. The Morgan fingerprint density at radius 1 is 1.65 bits per heavy atom. The van der Waals surface area contributed by atoms with Gasteiger partial charge in [0.2, 0.25) is 0 Å². The molecule has 1 saturated heterocycles. The Kier molecular flexibility index (Phi) is 4.09. The molecule has 1 fully saturated rings. The van der Waals surface area contributed by atoms with Crippen LogP contribution in [0.25, 0.3) is 0 Å². The van der Waals surface area contributed by atoms with E-state index in [1.165, 1.54) is 12.8 Å². The molecule has 1 aliphatic heterocycles. The number of nitrogens with zero attached hydrogens (tertiary/aromatic N) is 1. The lowest BCUT2D eigenvalue weighted by Gasteiger charge is -2.22. The van der Waals surface area contributed by atoms with Gasteiger partial charge in [0.15, 0.2) is 0 Å². The molecule has 0 aliphatic carbocycles. The summed E-state index contributed by atoms with van der Waals surface area (Å²) in [6, 6.07) is 3.75. The Balaban J connectivity index is 1.87. The minimum absolute atomic E-state index is 0.0614. The number of aromatic nitrogens is 1. The molecular weight excluding hydrogens is 214 g/mol. The van der Waals surface area contributed by atoms with Crippen molar-refractivity contribution in [2.75, 3.05) is 19.6 Å². The van der Waals surface area contributed by atoms with E-state index >= 15 is 0 Å². The smallest absolute Gasteiger partial charge is 0.270 e. The van der Waals surface area contributed by atoms with Crippen molar-refractivity contribution in [2.24, 2.45) is 5.92 Å². The molecule has 2 rings (SSSR count). The molecule has 17 heavy (non-hydrogen) atoms. The summed E-state index contributed by atoms with van der Waals surface area (Å²) in [6.07, 6.45) is 4.04. The van der Waals surface area contributed by atoms with E-state index in [0.29, 0.717) is 11.6 Å². The van der Waals surface area contributed by atoms with Gasteiger partial charge >= 0.3 is 0 Å². The van der Waals surface area contributed by atoms with Gasteiger partial charge in [-0.05, 0) is 50.4 Å². The molecule has 1 atom stereocenters. The molecule has 1 unspecified atom stereocenters.